The molecule has 1 heterocycles. The van der Waals surface area contributed by atoms with Crippen LogP contribution < -0.4 is 5.32 Å². The molecule has 0 aliphatic rings. The third-order valence-electron chi connectivity index (χ3n) is 2.24. The van der Waals surface area contributed by atoms with Crippen molar-refractivity contribution in [3.8, 4) is 0 Å². The van der Waals surface area contributed by atoms with Crippen LogP contribution in [0.2, 0.25) is 0 Å². The summed E-state index contributed by atoms with van der Waals surface area (Å²) in [7, 11) is 0. The highest BCUT2D eigenvalue weighted by molar-refractivity contribution is 5.82. The van der Waals surface area contributed by atoms with Crippen molar-refractivity contribution in [2.24, 2.45) is 0 Å². The van der Waals surface area contributed by atoms with Crippen LogP contribution in [0.25, 0.3) is 0 Å². The first kappa shape index (κ1) is 11.0. The zero-order chi connectivity index (χ0) is 10.4. The van der Waals surface area contributed by atoms with Gasteiger partial charge < -0.3 is 9.73 Å². The fourth-order valence-corrected chi connectivity index (χ4v) is 1.12. The van der Waals surface area contributed by atoms with E-state index in [2.05, 4.69) is 19.2 Å². The van der Waals surface area contributed by atoms with Gasteiger partial charge in [-0.15, -0.1) is 0 Å². The Bertz CT molecular complexity index is 267. The van der Waals surface area contributed by atoms with Gasteiger partial charge >= 0.3 is 0 Å². The minimum absolute atomic E-state index is 0.201. The van der Waals surface area contributed by atoms with Gasteiger partial charge in [-0.05, 0) is 25.0 Å². The summed E-state index contributed by atoms with van der Waals surface area (Å²) in [6.45, 7) is 4.61. The monoisotopic (exact) mass is 195 g/mol. The Labute approximate surface area is 84.5 Å². The molecule has 0 bridgehead atoms. The van der Waals surface area contributed by atoms with Crippen molar-refractivity contribution in [2.45, 2.75) is 32.7 Å². The van der Waals surface area contributed by atoms with E-state index >= 15 is 0 Å². The zero-order valence-electron chi connectivity index (χ0n) is 8.75. The smallest absolute Gasteiger partial charge is 0.151 e. The van der Waals surface area contributed by atoms with Crippen molar-refractivity contribution in [3.63, 3.8) is 0 Å². The lowest BCUT2D eigenvalue weighted by atomic mass is 10.1. The predicted molar refractivity (Wildman–Crippen MR) is 55.2 cm³/mol. The molecule has 1 aromatic heterocycles. The minimum Gasteiger partial charge on any atom is -0.472 e. The van der Waals surface area contributed by atoms with Crippen molar-refractivity contribution >= 4 is 5.78 Å². The lowest BCUT2D eigenvalue weighted by Crippen LogP contribution is -2.31. The molecule has 0 spiro atoms. The third kappa shape index (κ3) is 3.75. The van der Waals surface area contributed by atoms with E-state index in [1.165, 1.54) is 0 Å². The fraction of sp³-hybridized carbons (Fsp3) is 0.545. The van der Waals surface area contributed by atoms with E-state index in [9.17, 15) is 4.79 Å². The average Bonchev–Trinajstić information content (AvgIpc) is 2.66. The molecule has 1 N–H and O–H groups in total. The van der Waals surface area contributed by atoms with Crippen LogP contribution in [-0.2, 0) is 11.2 Å². The van der Waals surface area contributed by atoms with Crippen molar-refractivity contribution in [2.75, 3.05) is 6.54 Å². The summed E-state index contributed by atoms with van der Waals surface area (Å²) in [5.41, 5.74) is 0.945. The summed E-state index contributed by atoms with van der Waals surface area (Å²) in [6.07, 6.45) is 4.70. The Hall–Kier alpha value is -1.09. The highest BCUT2D eigenvalue weighted by Gasteiger charge is 2.05. The largest absolute Gasteiger partial charge is 0.472 e. The summed E-state index contributed by atoms with van der Waals surface area (Å²) >= 11 is 0. The molecule has 0 aliphatic carbocycles. The van der Waals surface area contributed by atoms with Crippen LogP contribution in [-0.4, -0.2) is 18.4 Å². The molecule has 1 unspecified atom stereocenters. The number of rotatable bonds is 6. The molecule has 0 aromatic carbocycles. The van der Waals surface area contributed by atoms with Crippen molar-refractivity contribution in [3.05, 3.63) is 24.2 Å². The van der Waals surface area contributed by atoms with Crippen LogP contribution >= 0.6 is 0 Å². The summed E-state index contributed by atoms with van der Waals surface area (Å²) < 4.78 is 4.89. The topological polar surface area (TPSA) is 42.2 Å². The van der Waals surface area contributed by atoms with Gasteiger partial charge in [-0.3, -0.25) is 4.79 Å². The molecular weight excluding hydrogens is 178 g/mol. The molecule has 1 aromatic rings. The molecule has 0 saturated heterocycles. The minimum atomic E-state index is 0.201. The SMILES string of the molecule is CCC(C)NCC(=O)Cc1ccoc1. The number of Topliss-reactive ketones (excluding diaryl/α,β-unsaturated/α-hetero) is 1. The fourth-order valence-electron chi connectivity index (χ4n) is 1.12. The van der Waals surface area contributed by atoms with Crippen molar-refractivity contribution in [1.82, 2.24) is 5.32 Å². The summed E-state index contributed by atoms with van der Waals surface area (Å²) in [5, 5.41) is 3.16. The van der Waals surface area contributed by atoms with Gasteiger partial charge in [0.2, 0.25) is 0 Å². The number of furan rings is 1. The van der Waals surface area contributed by atoms with E-state index in [1.807, 2.05) is 6.07 Å². The van der Waals surface area contributed by atoms with E-state index < -0.39 is 0 Å². The predicted octanol–water partition coefficient (Wildman–Crippen LogP) is 1.78. The van der Waals surface area contributed by atoms with Crippen LogP contribution in [0.1, 0.15) is 25.8 Å². The van der Waals surface area contributed by atoms with Gasteiger partial charge in [0.15, 0.2) is 5.78 Å². The van der Waals surface area contributed by atoms with Crippen LogP contribution in [0, 0.1) is 0 Å². The average molecular weight is 195 g/mol. The molecule has 0 fully saturated rings. The summed E-state index contributed by atoms with van der Waals surface area (Å²) in [4.78, 5) is 11.4. The Morgan fingerprint density at radius 2 is 2.43 bits per heavy atom. The van der Waals surface area contributed by atoms with Crippen LogP contribution in [0.4, 0.5) is 0 Å². The Balaban J connectivity index is 2.23. The molecular formula is C11H17NO2. The molecule has 1 rings (SSSR count). The first-order valence-electron chi connectivity index (χ1n) is 4.98. The molecule has 0 aliphatic heterocycles. The van der Waals surface area contributed by atoms with E-state index in [0.717, 1.165) is 12.0 Å². The van der Waals surface area contributed by atoms with Gasteiger partial charge in [-0.25, -0.2) is 0 Å². The first-order chi connectivity index (χ1) is 6.72. The molecule has 3 nitrogen and oxygen atoms in total. The van der Waals surface area contributed by atoms with E-state index in [1.54, 1.807) is 12.5 Å². The Morgan fingerprint density at radius 1 is 1.64 bits per heavy atom. The molecule has 0 saturated carbocycles. The standard InChI is InChI=1S/C11H17NO2/c1-3-9(2)12-7-11(13)6-10-4-5-14-8-10/h4-5,8-9,12H,3,6-7H2,1-2H3. The Morgan fingerprint density at radius 3 is 3.00 bits per heavy atom. The van der Waals surface area contributed by atoms with Crippen LogP contribution in [0.3, 0.4) is 0 Å². The molecule has 78 valence electrons. The van der Waals surface area contributed by atoms with Crippen LogP contribution in [0.5, 0.6) is 0 Å². The molecule has 1 atom stereocenters. The van der Waals surface area contributed by atoms with Gasteiger partial charge in [-0.1, -0.05) is 6.92 Å². The van der Waals surface area contributed by atoms with Crippen molar-refractivity contribution in [1.29, 1.82) is 0 Å². The number of ketones is 1. The Kier molecular flexibility index (Phi) is 4.40. The van der Waals surface area contributed by atoms with E-state index in [0.29, 0.717) is 19.0 Å². The highest BCUT2D eigenvalue weighted by atomic mass is 16.3. The van der Waals surface area contributed by atoms with Gasteiger partial charge in [0.05, 0.1) is 19.1 Å². The highest BCUT2D eigenvalue weighted by Crippen LogP contribution is 2.01. The normalized spacial score (nSPS) is 12.7. The number of hydrogen-bond donors (Lipinski definition) is 1. The lowest BCUT2D eigenvalue weighted by molar-refractivity contribution is -0.117. The van der Waals surface area contributed by atoms with Gasteiger partial charge in [0.25, 0.3) is 0 Å². The number of hydrogen-bond acceptors (Lipinski definition) is 3. The van der Waals surface area contributed by atoms with Crippen LogP contribution in [0.15, 0.2) is 23.0 Å². The van der Waals surface area contributed by atoms with E-state index in [-0.39, 0.29) is 5.78 Å². The van der Waals surface area contributed by atoms with Gasteiger partial charge in [0, 0.05) is 12.5 Å². The summed E-state index contributed by atoms with van der Waals surface area (Å²) in [5.74, 6) is 0.201. The number of carbonyl (C=O) groups is 1. The molecule has 0 amide bonds. The number of nitrogens with one attached hydrogen (secondary N) is 1. The second-order valence-electron chi connectivity index (χ2n) is 3.54. The second kappa shape index (κ2) is 5.60. The first-order valence-corrected chi connectivity index (χ1v) is 4.98. The van der Waals surface area contributed by atoms with Crippen molar-refractivity contribution < 1.29 is 9.21 Å². The zero-order valence-corrected chi connectivity index (χ0v) is 8.75. The molecule has 0 radical (unpaired) electrons. The molecule has 14 heavy (non-hydrogen) atoms. The van der Waals surface area contributed by atoms with Gasteiger partial charge in [-0.2, -0.15) is 0 Å². The summed E-state index contributed by atoms with van der Waals surface area (Å²) in [6, 6.07) is 2.23. The third-order valence-corrected chi connectivity index (χ3v) is 2.24. The maximum atomic E-state index is 11.4. The second-order valence-corrected chi connectivity index (χ2v) is 3.54. The van der Waals surface area contributed by atoms with Gasteiger partial charge in [0.1, 0.15) is 0 Å². The molecule has 3 heteroatoms. The quantitative estimate of drug-likeness (QED) is 0.752. The maximum absolute atomic E-state index is 11.4. The maximum Gasteiger partial charge on any atom is 0.151 e. The van der Waals surface area contributed by atoms with E-state index in [4.69, 9.17) is 4.42 Å². The lowest BCUT2D eigenvalue weighted by Gasteiger charge is -2.09. The number of carbonyl (C=O) groups excluding carboxylic acids is 1.